The zero-order valence-electron chi connectivity index (χ0n) is 13.9. The Morgan fingerprint density at radius 2 is 2.04 bits per heavy atom. The summed E-state index contributed by atoms with van der Waals surface area (Å²) in [6, 6.07) is 3.04. The average molecular weight is 408 g/mol. The van der Waals surface area contributed by atoms with Crippen molar-refractivity contribution in [3.8, 4) is 5.75 Å². The SMILES string of the molecule is Nc1cc(S(=O)(=O)c2ccc(OC(F)(F)F)cc2F)n(C[C@@H]2CCOC2)c1. The minimum absolute atomic E-state index is 0.0816. The van der Waals surface area contributed by atoms with Gasteiger partial charge in [0, 0.05) is 31.3 Å². The third-order valence-corrected chi connectivity index (χ3v) is 5.87. The van der Waals surface area contributed by atoms with Crippen LogP contribution in [0.2, 0.25) is 0 Å². The Kier molecular flexibility index (Phi) is 5.08. The highest BCUT2D eigenvalue weighted by molar-refractivity contribution is 7.91. The van der Waals surface area contributed by atoms with Crippen molar-refractivity contribution in [2.45, 2.75) is 29.2 Å². The predicted octanol–water partition coefficient (Wildman–Crippen LogP) is 2.98. The van der Waals surface area contributed by atoms with Gasteiger partial charge in [-0.25, -0.2) is 12.8 Å². The van der Waals surface area contributed by atoms with Crippen LogP contribution in [0.4, 0.5) is 23.2 Å². The number of nitrogens with two attached hydrogens (primary N) is 1. The van der Waals surface area contributed by atoms with Gasteiger partial charge < -0.3 is 19.8 Å². The molecule has 0 spiro atoms. The highest BCUT2D eigenvalue weighted by atomic mass is 32.2. The molecule has 11 heteroatoms. The van der Waals surface area contributed by atoms with Crippen molar-refractivity contribution in [1.29, 1.82) is 0 Å². The lowest BCUT2D eigenvalue weighted by molar-refractivity contribution is -0.274. The number of alkyl halides is 3. The predicted molar refractivity (Wildman–Crippen MR) is 86.3 cm³/mol. The average Bonchev–Trinajstić information content (AvgIpc) is 3.15. The summed E-state index contributed by atoms with van der Waals surface area (Å²) in [5, 5.41) is -0.240. The molecule has 27 heavy (non-hydrogen) atoms. The second-order valence-corrected chi connectivity index (χ2v) is 8.00. The quantitative estimate of drug-likeness (QED) is 0.769. The molecule has 2 aromatic rings. The molecular weight excluding hydrogens is 392 g/mol. The summed E-state index contributed by atoms with van der Waals surface area (Å²) in [4.78, 5) is -0.765. The minimum atomic E-state index is -5.01. The first-order chi connectivity index (χ1) is 12.6. The van der Waals surface area contributed by atoms with Crippen molar-refractivity contribution in [2.75, 3.05) is 18.9 Å². The molecule has 1 saturated heterocycles. The van der Waals surface area contributed by atoms with Gasteiger partial charge in [0.15, 0.2) is 0 Å². The van der Waals surface area contributed by atoms with Crippen LogP contribution in [-0.4, -0.2) is 32.6 Å². The van der Waals surface area contributed by atoms with Crippen molar-refractivity contribution in [1.82, 2.24) is 4.57 Å². The molecule has 6 nitrogen and oxygen atoms in total. The molecule has 1 aliphatic rings. The number of anilines is 1. The van der Waals surface area contributed by atoms with Crippen molar-refractivity contribution in [3.05, 3.63) is 36.3 Å². The van der Waals surface area contributed by atoms with Crippen LogP contribution < -0.4 is 10.5 Å². The van der Waals surface area contributed by atoms with E-state index >= 15 is 0 Å². The number of sulfone groups is 1. The summed E-state index contributed by atoms with van der Waals surface area (Å²) in [5.41, 5.74) is 5.88. The molecule has 1 fully saturated rings. The Hall–Kier alpha value is -2.27. The van der Waals surface area contributed by atoms with Gasteiger partial charge in [0.05, 0.1) is 12.3 Å². The number of hydrogen-bond acceptors (Lipinski definition) is 5. The molecular formula is C16H16F4N2O4S. The Labute approximate surface area is 152 Å². The Balaban J connectivity index is 1.95. The molecule has 0 amide bonds. The molecule has 1 atom stereocenters. The topological polar surface area (TPSA) is 83.5 Å². The van der Waals surface area contributed by atoms with Gasteiger partial charge in [0.2, 0.25) is 9.84 Å². The lowest BCUT2D eigenvalue weighted by atomic mass is 10.1. The van der Waals surface area contributed by atoms with Crippen LogP contribution in [0.25, 0.3) is 0 Å². The van der Waals surface area contributed by atoms with E-state index in [2.05, 4.69) is 4.74 Å². The number of nitrogens with zero attached hydrogens (tertiary/aromatic N) is 1. The number of halogens is 4. The van der Waals surface area contributed by atoms with Crippen molar-refractivity contribution >= 4 is 15.5 Å². The normalized spacial score (nSPS) is 18.0. The van der Waals surface area contributed by atoms with E-state index in [9.17, 15) is 26.0 Å². The first-order valence-electron chi connectivity index (χ1n) is 7.90. The second-order valence-electron chi connectivity index (χ2n) is 6.14. The number of nitrogen functional groups attached to an aromatic ring is 1. The summed E-state index contributed by atoms with van der Waals surface area (Å²) in [6.07, 6.45) is -2.85. The van der Waals surface area contributed by atoms with E-state index in [-0.39, 0.29) is 16.6 Å². The Morgan fingerprint density at radius 1 is 1.30 bits per heavy atom. The van der Waals surface area contributed by atoms with Crippen LogP contribution in [0.3, 0.4) is 0 Å². The molecule has 2 N–H and O–H groups in total. The number of hydrogen-bond donors (Lipinski definition) is 1. The fraction of sp³-hybridized carbons (Fsp3) is 0.375. The van der Waals surface area contributed by atoms with E-state index in [0.29, 0.717) is 25.8 Å². The smallest absolute Gasteiger partial charge is 0.406 e. The van der Waals surface area contributed by atoms with Gasteiger partial charge in [-0.05, 0) is 24.6 Å². The maximum atomic E-state index is 14.3. The third kappa shape index (κ3) is 4.35. The lowest BCUT2D eigenvalue weighted by Crippen LogP contribution is -2.18. The molecule has 0 unspecified atom stereocenters. The van der Waals surface area contributed by atoms with Crippen LogP contribution in [0.1, 0.15) is 6.42 Å². The summed E-state index contributed by atoms with van der Waals surface area (Å²) in [6.45, 7) is 1.34. The number of aromatic nitrogens is 1. The van der Waals surface area contributed by atoms with Crippen LogP contribution in [0, 0.1) is 11.7 Å². The van der Waals surface area contributed by atoms with Gasteiger partial charge >= 0.3 is 6.36 Å². The van der Waals surface area contributed by atoms with Crippen LogP contribution >= 0.6 is 0 Å². The molecule has 1 aromatic heterocycles. The Bertz CT molecular complexity index is 934. The van der Waals surface area contributed by atoms with Gasteiger partial charge in [-0.2, -0.15) is 0 Å². The van der Waals surface area contributed by atoms with E-state index in [1.807, 2.05) is 0 Å². The number of rotatable bonds is 5. The maximum absolute atomic E-state index is 14.3. The summed E-state index contributed by atoms with van der Waals surface area (Å²) >= 11 is 0. The lowest BCUT2D eigenvalue weighted by Gasteiger charge is -2.14. The van der Waals surface area contributed by atoms with E-state index in [4.69, 9.17) is 10.5 Å². The molecule has 1 aliphatic heterocycles. The fourth-order valence-corrected chi connectivity index (χ4v) is 4.41. The summed E-state index contributed by atoms with van der Waals surface area (Å²) in [5.74, 6) is -2.12. The van der Waals surface area contributed by atoms with E-state index < -0.39 is 32.7 Å². The molecule has 1 aromatic carbocycles. The molecule has 148 valence electrons. The van der Waals surface area contributed by atoms with Crippen molar-refractivity contribution in [3.63, 3.8) is 0 Å². The highest BCUT2D eigenvalue weighted by Crippen LogP contribution is 2.31. The van der Waals surface area contributed by atoms with Crippen molar-refractivity contribution < 1.29 is 35.5 Å². The van der Waals surface area contributed by atoms with Crippen LogP contribution in [0.5, 0.6) is 5.75 Å². The summed E-state index contributed by atoms with van der Waals surface area (Å²) in [7, 11) is -4.35. The fourth-order valence-electron chi connectivity index (χ4n) is 2.90. The monoisotopic (exact) mass is 408 g/mol. The molecule has 0 bridgehead atoms. The number of ether oxygens (including phenoxy) is 2. The Morgan fingerprint density at radius 3 is 2.63 bits per heavy atom. The van der Waals surface area contributed by atoms with Crippen LogP contribution in [-0.2, 0) is 21.1 Å². The highest BCUT2D eigenvalue weighted by Gasteiger charge is 2.33. The zero-order valence-corrected chi connectivity index (χ0v) is 14.7. The molecule has 0 aliphatic carbocycles. The number of benzene rings is 1. The molecule has 0 saturated carbocycles. The van der Waals surface area contributed by atoms with Gasteiger partial charge in [0.25, 0.3) is 0 Å². The van der Waals surface area contributed by atoms with Gasteiger partial charge in [-0.1, -0.05) is 0 Å². The van der Waals surface area contributed by atoms with Gasteiger partial charge in [-0.3, -0.25) is 0 Å². The van der Waals surface area contributed by atoms with E-state index in [1.54, 1.807) is 0 Å². The minimum Gasteiger partial charge on any atom is -0.406 e. The zero-order chi connectivity index (χ0) is 19.8. The largest absolute Gasteiger partial charge is 0.573 e. The van der Waals surface area contributed by atoms with Crippen molar-refractivity contribution in [2.24, 2.45) is 5.92 Å². The maximum Gasteiger partial charge on any atom is 0.573 e. The third-order valence-electron chi connectivity index (χ3n) is 4.06. The standard InChI is InChI=1S/C16H16F4N2O4S/c17-13-6-12(26-16(18,19)20)1-2-14(13)27(23,24)15-5-11(21)8-22(15)7-10-3-4-25-9-10/h1-2,5-6,8,10H,3-4,7,9,21H2/t10-/m0/s1. The van der Waals surface area contributed by atoms with Gasteiger partial charge in [-0.15, -0.1) is 13.2 Å². The summed E-state index contributed by atoms with van der Waals surface area (Å²) < 4.78 is 86.9. The molecule has 2 heterocycles. The van der Waals surface area contributed by atoms with E-state index in [0.717, 1.165) is 18.6 Å². The van der Waals surface area contributed by atoms with Crippen LogP contribution in [0.15, 0.2) is 40.4 Å². The van der Waals surface area contributed by atoms with Gasteiger partial charge in [0.1, 0.15) is 21.5 Å². The van der Waals surface area contributed by atoms with E-state index in [1.165, 1.54) is 16.8 Å². The molecule has 0 radical (unpaired) electrons. The second kappa shape index (κ2) is 7.04. The first kappa shape index (κ1) is 19.5. The molecule has 3 rings (SSSR count). The first-order valence-corrected chi connectivity index (χ1v) is 9.38.